The largest absolute Gasteiger partial charge is 0.394 e. The third-order valence-electron chi connectivity index (χ3n) is 4.27. The predicted molar refractivity (Wildman–Crippen MR) is 87.7 cm³/mol. The van der Waals surface area contributed by atoms with Crippen molar-refractivity contribution < 1.29 is 5.11 Å². The summed E-state index contributed by atoms with van der Waals surface area (Å²) in [5.74, 6) is 0.462. The number of rotatable bonds is 5. The first-order chi connectivity index (χ1) is 10.1. The summed E-state index contributed by atoms with van der Waals surface area (Å²) < 4.78 is 0. The number of aliphatic hydroxyl groups is 1. The van der Waals surface area contributed by atoms with Crippen LogP contribution >= 0.6 is 11.6 Å². The second-order valence-corrected chi connectivity index (χ2v) is 6.34. The van der Waals surface area contributed by atoms with Crippen molar-refractivity contribution in [2.45, 2.75) is 25.3 Å². The highest BCUT2D eigenvalue weighted by Crippen LogP contribution is 2.47. The Balaban J connectivity index is 1.98. The molecule has 1 unspecified atom stereocenters. The number of benzene rings is 2. The summed E-state index contributed by atoms with van der Waals surface area (Å²) in [7, 11) is 0. The second kappa shape index (κ2) is 5.70. The van der Waals surface area contributed by atoms with E-state index in [2.05, 4.69) is 30.4 Å². The normalized spacial score (nSPS) is 17.3. The smallest absolute Gasteiger partial charge is 0.0885 e. The van der Waals surface area contributed by atoms with Gasteiger partial charge in [-0.3, -0.25) is 0 Å². The molecule has 0 heterocycles. The number of aliphatic hydroxyl groups excluding tert-OH is 1. The number of hydrogen-bond donors (Lipinski definition) is 2. The van der Waals surface area contributed by atoms with Gasteiger partial charge in [0.2, 0.25) is 0 Å². The van der Waals surface area contributed by atoms with E-state index in [0.717, 1.165) is 29.1 Å². The maximum absolute atomic E-state index is 10.1. The third-order valence-corrected chi connectivity index (χ3v) is 4.52. The predicted octanol–water partition coefficient (Wildman–Crippen LogP) is 4.36. The van der Waals surface area contributed by atoms with Gasteiger partial charge in [-0.05, 0) is 61.1 Å². The highest BCUT2D eigenvalue weighted by molar-refractivity contribution is 6.30. The van der Waals surface area contributed by atoms with Gasteiger partial charge in [-0.15, -0.1) is 0 Å². The summed E-state index contributed by atoms with van der Waals surface area (Å²) in [5.41, 5.74) is 2.93. The van der Waals surface area contributed by atoms with E-state index >= 15 is 0 Å². The molecule has 3 heteroatoms. The molecule has 0 amide bonds. The first-order valence-electron chi connectivity index (χ1n) is 7.36. The van der Waals surface area contributed by atoms with Crippen molar-refractivity contribution in [3.05, 3.63) is 64.7 Å². The zero-order chi connectivity index (χ0) is 14.9. The first-order valence-corrected chi connectivity index (χ1v) is 7.73. The number of aryl methyl sites for hydroxylation is 1. The van der Waals surface area contributed by atoms with Crippen LogP contribution in [0, 0.1) is 12.8 Å². The molecule has 21 heavy (non-hydrogen) atoms. The molecule has 0 saturated heterocycles. The Morgan fingerprint density at radius 1 is 1.19 bits per heavy atom. The summed E-state index contributed by atoms with van der Waals surface area (Å²) in [5, 5.41) is 14.5. The molecule has 2 nitrogen and oxygen atoms in total. The second-order valence-electron chi connectivity index (χ2n) is 5.91. The molecular formula is C18H20ClNO. The molecule has 2 N–H and O–H groups in total. The molecule has 0 bridgehead atoms. The first kappa shape index (κ1) is 14.4. The SMILES string of the molecule is Cc1cccc(NC(CO)(c2ccc(Cl)cc2)C2CC2)c1. The zero-order valence-corrected chi connectivity index (χ0v) is 12.9. The molecular weight excluding hydrogens is 282 g/mol. The molecule has 2 aromatic carbocycles. The molecule has 0 spiro atoms. The van der Waals surface area contributed by atoms with E-state index in [1.54, 1.807) is 0 Å². The van der Waals surface area contributed by atoms with E-state index < -0.39 is 5.54 Å². The average Bonchev–Trinajstić information content (AvgIpc) is 3.31. The van der Waals surface area contributed by atoms with Gasteiger partial charge in [-0.1, -0.05) is 35.9 Å². The van der Waals surface area contributed by atoms with Crippen LogP contribution in [0.3, 0.4) is 0 Å². The van der Waals surface area contributed by atoms with Crippen LogP contribution in [-0.4, -0.2) is 11.7 Å². The van der Waals surface area contributed by atoms with Crippen molar-refractivity contribution in [1.82, 2.24) is 0 Å². The third kappa shape index (κ3) is 2.92. The minimum atomic E-state index is -0.418. The van der Waals surface area contributed by atoms with Crippen molar-refractivity contribution in [2.24, 2.45) is 5.92 Å². The Bertz CT molecular complexity index is 621. The van der Waals surface area contributed by atoms with Crippen molar-refractivity contribution in [2.75, 3.05) is 11.9 Å². The highest BCUT2D eigenvalue weighted by atomic mass is 35.5. The summed E-state index contributed by atoms with van der Waals surface area (Å²) in [6, 6.07) is 16.1. The quantitative estimate of drug-likeness (QED) is 0.860. The Labute approximate surface area is 130 Å². The fourth-order valence-corrected chi connectivity index (χ4v) is 3.10. The number of hydrogen-bond acceptors (Lipinski definition) is 2. The van der Waals surface area contributed by atoms with Crippen LogP contribution in [0.2, 0.25) is 5.02 Å². The van der Waals surface area contributed by atoms with E-state index in [0.29, 0.717) is 5.92 Å². The van der Waals surface area contributed by atoms with E-state index in [4.69, 9.17) is 11.6 Å². The molecule has 1 aliphatic carbocycles. The Kier molecular flexibility index (Phi) is 3.92. The minimum absolute atomic E-state index is 0.0766. The molecule has 1 fully saturated rings. The maximum Gasteiger partial charge on any atom is 0.0885 e. The number of anilines is 1. The van der Waals surface area contributed by atoms with Gasteiger partial charge in [0.25, 0.3) is 0 Å². The number of nitrogens with one attached hydrogen (secondary N) is 1. The lowest BCUT2D eigenvalue weighted by molar-refractivity contribution is 0.193. The van der Waals surface area contributed by atoms with Gasteiger partial charge in [0.15, 0.2) is 0 Å². The van der Waals surface area contributed by atoms with Crippen molar-refractivity contribution in [3.63, 3.8) is 0 Å². The maximum atomic E-state index is 10.1. The number of halogens is 1. The fourth-order valence-electron chi connectivity index (χ4n) is 2.97. The standard InChI is InChI=1S/C18H20ClNO/c1-13-3-2-4-17(11-13)20-18(12-21,14-5-6-14)15-7-9-16(19)10-8-15/h2-4,7-11,14,20-21H,5-6,12H2,1H3. The Morgan fingerprint density at radius 3 is 2.48 bits per heavy atom. The summed E-state index contributed by atoms with van der Waals surface area (Å²) >= 11 is 6.00. The fraction of sp³-hybridized carbons (Fsp3) is 0.333. The molecule has 0 aliphatic heterocycles. The molecule has 1 saturated carbocycles. The van der Waals surface area contributed by atoms with E-state index in [1.807, 2.05) is 30.3 Å². The summed E-state index contributed by atoms with van der Waals surface area (Å²) in [4.78, 5) is 0. The summed E-state index contributed by atoms with van der Waals surface area (Å²) in [6.45, 7) is 2.15. The molecule has 1 atom stereocenters. The van der Waals surface area contributed by atoms with Crippen molar-refractivity contribution in [3.8, 4) is 0 Å². The van der Waals surface area contributed by atoms with Gasteiger partial charge in [0.1, 0.15) is 0 Å². The Hall–Kier alpha value is -1.51. The van der Waals surface area contributed by atoms with Crippen LogP contribution in [0.25, 0.3) is 0 Å². The van der Waals surface area contributed by atoms with E-state index in [9.17, 15) is 5.11 Å². The molecule has 1 aliphatic rings. The van der Waals surface area contributed by atoms with Crippen LogP contribution < -0.4 is 5.32 Å². The topological polar surface area (TPSA) is 32.3 Å². The molecule has 0 aromatic heterocycles. The van der Waals surface area contributed by atoms with Gasteiger partial charge in [-0.25, -0.2) is 0 Å². The average molecular weight is 302 g/mol. The molecule has 110 valence electrons. The van der Waals surface area contributed by atoms with Crippen LogP contribution in [0.5, 0.6) is 0 Å². The van der Waals surface area contributed by atoms with Crippen molar-refractivity contribution >= 4 is 17.3 Å². The van der Waals surface area contributed by atoms with Gasteiger partial charge in [-0.2, -0.15) is 0 Å². The summed E-state index contributed by atoms with van der Waals surface area (Å²) in [6.07, 6.45) is 2.28. The van der Waals surface area contributed by atoms with Gasteiger partial charge < -0.3 is 10.4 Å². The van der Waals surface area contributed by atoms with Crippen LogP contribution in [-0.2, 0) is 5.54 Å². The van der Waals surface area contributed by atoms with Crippen LogP contribution in [0.1, 0.15) is 24.0 Å². The molecule has 2 aromatic rings. The minimum Gasteiger partial charge on any atom is -0.394 e. The lowest BCUT2D eigenvalue weighted by Crippen LogP contribution is -2.41. The van der Waals surface area contributed by atoms with E-state index in [-0.39, 0.29) is 6.61 Å². The lowest BCUT2D eigenvalue weighted by Gasteiger charge is -2.35. The van der Waals surface area contributed by atoms with Gasteiger partial charge in [0, 0.05) is 10.7 Å². The van der Waals surface area contributed by atoms with Crippen LogP contribution in [0.15, 0.2) is 48.5 Å². The molecule has 3 rings (SSSR count). The monoisotopic (exact) mass is 301 g/mol. The highest BCUT2D eigenvalue weighted by Gasteiger charge is 2.46. The van der Waals surface area contributed by atoms with Crippen molar-refractivity contribution in [1.29, 1.82) is 0 Å². The van der Waals surface area contributed by atoms with Crippen LogP contribution in [0.4, 0.5) is 5.69 Å². The lowest BCUT2D eigenvalue weighted by atomic mass is 9.85. The zero-order valence-electron chi connectivity index (χ0n) is 12.1. The molecule has 0 radical (unpaired) electrons. The van der Waals surface area contributed by atoms with Gasteiger partial charge in [0.05, 0.1) is 12.1 Å². The van der Waals surface area contributed by atoms with E-state index in [1.165, 1.54) is 5.56 Å². The van der Waals surface area contributed by atoms with Gasteiger partial charge >= 0.3 is 0 Å². The Morgan fingerprint density at radius 2 is 1.90 bits per heavy atom.